The quantitative estimate of drug-likeness (QED) is 0.783. The highest BCUT2D eigenvalue weighted by Crippen LogP contribution is 2.15. The number of nitrogens with one attached hydrogen (secondary N) is 1. The van der Waals surface area contributed by atoms with Crippen LogP contribution in [0.4, 0.5) is 11.5 Å². The van der Waals surface area contributed by atoms with Gasteiger partial charge in [-0.2, -0.15) is 4.98 Å². The molecule has 6 nitrogen and oxygen atoms in total. The van der Waals surface area contributed by atoms with E-state index in [0.717, 1.165) is 0 Å². The zero-order valence-corrected chi connectivity index (χ0v) is 9.11. The van der Waals surface area contributed by atoms with Crippen molar-refractivity contribution in [3.05, 3.63) is 29.5 Å². The Labute approximate surface area is 96.8 Å². The van der Waals surface area contributed by atoms with Crippen LogP contribution in [0.2, 0.25) is 5.15 Å². The third kappa shape index (κ3) is 2.83. The lowest BCUT2D eigenvalue weighted by Crippen LogP contribution is -2.07. The van der Waals surface area contributed by atoms with Crippen LogP contribution in [0.15, 0.2) is 23.0 Å². The summed E-state index contributed by atoms with van der Waals surface area (Å²) in [5, 5.41) is 6.93. The monoisotopic (exact) mass is 239 g/mol. The van der Waals surface area contributed by atoms with Crippen molar-refractivity contribution in [2.45, 2.75) is 6.42 Å². The molecule has 2 aromatic rings. The van der Waals surface area contributed by atoms with E-state index in [-0.39, 0.29) is 0 Å². The number of nitrogen functional groups attached to an aromatic ring is 1. The van der Waals surface area contributed by atoms with Crippen LogP contribution in [0.3, 0.4) is 0 Å². The van der Waals surface area contributed by atoms with Gasteiger partial charge in [0.05, 0.1) is 0 Å². The number of nitrogens with two attached hydrogens (primary N) is 1. The summed E-state index contributed by atoms with van der Waals surface area (Å²) in [6, 6.07) is 3.30. The topological polar surface area (TPSA) is 89.9 Å². The van der Waals surface area contributed by atoms with E-state index in [9.17, 15) is 0 Å². The molecule has 0 aromatic carbocycles. The van der Waals surface area contributed by atoms with Gasteiger partial charge < -0.3 is 15.6 Å². The normalized spacial score (nSPS) is 10.3. The minimum atomic E-state index is 0.361. The van der Waals surface area contributed by atoms with Gasteiger partial charge in [-0.25, -0.2) is 4.98 Å². The lowest BCUT2D eigenvalue weighted by molar-refractivity contribution is 0.379. The predicted molar refractivity (Wildman–Crippen MR) is 60.2 cm³/mol. The number of pyridine rings is 1. The Kier molecular flexibility index (Phi) is 3.21. The number of hydrogen-bond acceptors (Lipinski definition) is 6. The van der Waals surface area contributed by atoms with Crippen LogP contribution in [0.5, 0.6) is 0 Å². The van der Waals surface area contributed by atoms with Crippen LogP contribution in [0.1, 0.15) is 5.89 Å². The van der Waals surface area contributed by atoms with Crippen molar-refractivity contribution in [1.82, 2.24) is 15.1 Å². The van der Waals surface area contributed by atoms with E-state index >= 15 is 0 Å². The number of aromatic nitrogens is 3. The molecular formula is C9H10ClN5O. The molecule has 0 aliphatic rings. The van der Waals surface area contributed by atoms with E-state index < -0.39 is 0 Å². The maximum Gasteiger partial charge on any atom is 0.228 e. The maximum absolute atomic E-state index is 5.76. The number of hydrogen-bond donors (Lipinski definition) is 2. The molecule has 2 aromatic heterocycles. The SMILES string of the molecule is Nc1cc(Cl)nc(NCCc2ncno2)c1. The minimum Gasteiger partial charge on any atom is -0.399 e. The molecule has 16 heavy (non-hydrogen) atoms. The molecule has 0 saturated heterocycles. The Bertz CT molecular complexity index is 439. The maximum atomic E-state index is 5.76. The Morgan fingerprint density at radius 2 is 2.31 bits per heavy atom. The molecule has 2 heterocycles. The fourth-order valence-electron chi connectivity index (χ4n) is 1.21. The second kappa shape index (κ2) is 4.80. The van der Waals surface area contributed by atoms with Crippen LogP contribution in [-0.4, -0.2) is 21.7 Å². The summed E-state index contributed by atoms with van der Waals surface area (Å²) in [5.41, 5.74) is 6.19. The smallest absolute Gasteiger partial charge is 0.228 e. The summed E-state index contributed by atoms with van der Waals surface area (Å²) in [5.74, 6) is 1.20. The first-order valence-corrected chi connectivity index (χ1v) is 5.04. The lowest BCUT2D eigenvalue weighted by Gasteiger charge is -2.04. The molecule has 84 valence electrons. The molecule has 0 saturated carbocycles. The van der Waals surface area contributed by atoms with Gasteiger partial charge in [0, 0.05) is 24.7 Å². The van der Waals surface area contributed by atoms with Crippen molar-refractivity contribution in [2.24, 2.45) is 0 Å². The number of nitrogens with zero attached hydrogens (tertiary/aromatic N) is 3. The zero-order chi connectivity index (χ0) is 11.4. The van der Waals surface area contributed by atoms with E-state index in [1.165, 1.54) is 6.33 Å². The fourth-order valence-corrected chi connectivity index (χ4v) is 1.43. The molecule has 0 aliphatic carbocycles. The van der Waals surface area contributed by atoms with Gasteiger partial charge in [-0.1, -0.05) is 16.8 Å². The van der Waals surface area contributed by atoms with Crippen molar-refractivity contribution in [3.8, 4) is 0 Å². The third-order valence-electron chi connectivity index (χ3n) is 1.87. The van der Waals surface area contributed by atoms with E-state index in [4.69, 9.17) is 21.9 Å². The fraction of sp³-hybridized carbons (Fsp3) is 0.222. The third-order valence-corrected chi connectivity index (χ3v) is 2.06. The van der Waals surface area contributed by atoms with Crippen molar-refractivity contribution in [2.75, 3.05) is 17.6 Å². The van der Waals surface area contributed by atoms with E-state index in [1.807, 2.05) is 0 Å². The van der Waals surface area contributed by atoms with Gasteiger partial charge in [0.2, 0.25) is 5.89 Å². The van der Waals surface area contributed by atoms with Gasteiger partial charge in [0.25, 0.3) is 0 Å². The van der Waals surface area contributed by atoms with Crippen molar-refractivity contribution in [3.63, 3.8) is 0 Å². The summed E-state index contributed by atoms with van der Waals surface area (Å²) in [6.07, 6.45) is 1.99. The van der Waals surface area contributed by atoms with Gasteiger partial charge in [0.15, 0.2) is 6.33 Å². The van der Waals surface area contributed by atoms with Crippen LogP contribution in [0, 0.1) is 0 Å². The Hall–Kier alpha value is -1.82. The van der Waals surface area contributed by atoms with Gasteiger partial charge in [-0.15, -0.1) is 0 Å². The molecule has 0 atom stereocenters. The van der Waals surface area contributed by atoms with Gasteiger partial charge >= 0.3 is 0 Å². The summed E-state index contributed by atoms with van der Waals surface area (Å²) in [4.78, 5) is 7.95. The Morgan fingerprint density at radius 1 is 1.44 bits per heavy atom. The van der Waals surface area contributed by atoms with Crippen molar-refractivity contribution >= 4 is 23.1 Å². The number of anilines is 2. The van der Waals surface area contributed by atoms with Gasteiger partial charge in [0.1, 0.15) is 11.0 Å². The van der Waals surface area contributed by atoms with Crippen LogP contribution >= 0.6 is 11.6 Å². The Morgan fingerprint density at radius 3 is 3.00 bits per heavy atom. The zero-order valence-electron chi connectivity index (χ0n) is 8.35. The van der Waals surface area contributed by atoms with Gasteiger partial charge in [-0.05, 0) is 6.07 Å². The van der Waals surface area contributed by atoms with E-state index in [2.05, 4.69) is 20.4 Å². The predicted octanol–water partition coefficient (Wildman–Crippen LogP) is 1.35. The molecule has 3 N–H and O–H groups in total. The number of rotatable bonds is 4. The van der Waals surface area contributed by atoms with Gasteiger partial charge in [-0.3, -0.25) is 0 Å². The highest BCUT2D eigenvalue weighted by Gasteiger charge is 2.01. The molecule has 2 rings (SSSR count). The van der Waals surface area contributed by atoms with Crippen molar-refractivity contribution < 1.29 is 4.52 Å². The summed E-state index contributed by atoms with van der Waals surface area (Å²) < 4.78 is 4.85. The average Bonchev–Trinajstić information content (AvgIpc) is 2.69. The summed E-state index contributed by atoms with van der Waals surface area (Å²) in [6.45, 7) is 0.620. The summed E-state index contributed by atoms with van der Waals surface area (Å²) >= 11 is 5.76. The highest BCUT2D eigenvalue weighted by molar-refractivity contribution is 6.29. The first-order valence-electron chi connectivity index (χ1n) is 4.66. The second-order valence-electron chi connectivity index (χ2n) is 3.12. The molecule has 0 aliphatic heterocycles. The van der Waals surface area contributed by atoms with Crippen LogP contribution in [0.25, 0.3) is 0 Å². The van der Waals surface area contributed by atoms with Crippen LogP contribution < -0.4 is 11.1 Å². The molecular weight excluding hydrogens is 230 g/mol. The number of halogens is 1. The minimum absolute atomic E-state index is 0.361. The van der Waals surface area contributed by atoms with Crippen LogP contribution in [-0.2, 0) is 6.42 Å². The van der Waals surface area contributed by atoms with Crippen molar-refractivity contribution in [1.29, 1.82) is 0 Å². The first-order chi connectivity index (χ1) is 7.74. The molecule has 0 spiro atoms. The molecule has 0 radical (unpaired) electrons. The molecule has 0 bridgehead atoms. The standard InChI is InChI=1S/C9H10ClN5O/c10-7-3-6(11)4-8(15-7)12-2-1-9-13-5-14-16-9/h3-5H,1-2H2,(H3,11,12,15). The molecule has 0 amide bonds. The molecule has 0 unspecified atom stereocenters. The first kappa shape index (κ1) is 10.7. The second-order valence-corrected chi connectivity index (χ2v) is 3.51. The molecule has 7 heteroatoms. The highest BCUT2D eigenvalue weighted by atomic mass is 35.5. The largest absolute Gasteiger partial charge is 0.399 e. The Balaban J connectivity index is 1.89. The lowest BCUT2D eigenvalue weighted by atomic mass is 10.4. The van der Waals surface area contributed by atoms with E-state index in [1.54, 1.807) is 12.1 Å². The molecule has 0 fully saturated rings. The summed E-state index contributed by atoms with van der Waals surface area (Å²) in [7, 11) is 0. The average molecular weight is 240 g/mol. The van der Waals surface area contributed by atoms with E-state index in [0.29, 0.717) is 35.5 Å².